The van der Waals surface area contributed by atoms with E-state index >= 15 is 0 Å². The van der Waals surface area contributed by atoms with Crippen LogP contribution < -0.4 is 4.90 Å². The van der Waals surface area contributed by atoms with Gasteiger partial charge in [0.1, 0.15) is 6.54 Å². The topological polar surface area (TPSA) is 69.6 Å². The molecule has 0 aliphatic carbocycles. The van der Waals surface area contributed by atoms with Gasteiger partial charge in [0.05, 0.1) is 10.7 Å². The molecule has 0 saturated carbocycles. The number of hydrogen-bond acceptors (Lipinski definition) is 5. The molecule has 0 spiro atoms. The van der Waals surface area contributed by atoms with Crippen LogP contribution in [0.3, 0.4) is 0 Å². The van der Waals surface area contributed by atoms with Crippen LogP contribution in [0.2, 0.25) is 10.0 Å². The first-order chi connectivity index (χ1) is 19.0. The Morgan fingerprint density at radius 2 is 1.49 bits per heavy atom. The summed E-state index contributed by atoms with van der Waals surface area (Å²) in [5, 5.41) is 9.83. The van der Waals surface area contributed by atoms with E-state index in [1.165, 1.54) is 0 Å². The van der Waals surface area contributed by atoms with Crippen LogP contribution in [0, 0.1) is 0 Å². The second kappa shape index (κ2) is 12.3. The summed E-state index contributed by atoms with van der Waals surface area (Å²) in [5.41, 5.74) is 2.96. The highest BCUT2D eigenvalue weighted by Crippen LogP contribution is 2.29. The van der Waals surface area contributed by atoms with Crippen LogP contribution in [-0.4, -0.2) is 64.5 Å². The lowest BCUT2D eigenvalue weighted by Crippen LogP contribution is -2.52. The molecular formula is C30H27Cl2N5O2. The fraction of sp³-hybridized carbons (Fsp3) is 0.200. The average molecular weight is 560 g/mol. The third kappa shape index (κ3) is 6.56. The van der Waals surface area contributed by atoms with Crippen LogP contribution in [0.15, 0.2) is 91.0 Å². The number of halogens is 2. The average Bonchev–Trinajstić information content (AvgIpc) is 2.98. The summed E-state index contributed by atoms with van der Waals surface area (Å²) in [5.74, 6) is 0.497. The van der Waals surface area contributed by atoms with Crippen molar-refractivity contribution in [3.05, 3.63) is 112 Å². The predicted molar refractivity (Wildman–Crippen MR) is 154 cm³/mol. The van der Waals surface area contributed by atoms with Gasteiger partial charge in [-0.15, -0.1) is 10.2 Å². The Morgan fingerprint density at radius 3 is 2.13 bits per heavy atom. The molecule has 198 valence electrons. The summed E-state index contributed by atoms with van der Waals surface area (Å²) < 4.78 is 0. The summed E-state index contributed by atoms with van der Waals surface area (Å²) in [6, 6.07) is 27.8. The van der Waals surface area contributed by atoms with Crippen molar-refractivity contribution in [1.29, 1.82) is 0 Å². The van der Waals surface area contributed by atoms with E-state index in [0.717, 1.165) is 16.9 Å². The first-order valence-corrected chi connectivity index (χ1v) is 13.4. The van der Waals surface area contributed by atoms with Crippen LogP contribution in [0.25, 0.3) is 11.3 Å². The molecule has 1 aliphatic heterocycles. The standard InChI is InChI=1S/C30H27Cl2N5O2/c31-24-11-12-25(26(32)19-24)27-13-14-28(34-33-27)35-15-17-36(18-16-35)29(38)21-37(20-22-7-3-1-4-8-22)30(39)23-9-5-2-6-10-23/h1-14,19H,15-18,20-21H2. The van der Waals surface area contributed by atoms with Gasteiger partial charge in [0.15, 0.2) is 5.82 Å². The molecule has 0 atom stereocenters. The molecule has 0 radical (unpaired) electrons. The van der Waals surface area contributed by atoms with E-state index in [1.807, 2.05) is 71.6 Å². The van der Waals surface area contributed by atoms with Gasteiger partial charge in [-0.3, -0.25) is 9.59 Å². The smallest absolute Gasteiger partial charge is 0.254 e. The number of aromatic nitrogens is 2. The van der Waals surface area contributed by atoms with Crippen molar-refractivity contribution in [3.8, 4) is 11.3 Å². The van der Waals surface area contributed by atoms with Gasteiger partial charge in [-0.2, -0.15) is 0 Å². The molecule has 1 aliphatic rings. The SMILES string of the molecule is O=C(CN(Cc1ccccc1)C(=O)c1ccccc1)N1CCN(c2ccc(-c3ccc(Cl)cc3Cl)nn2)CC1. The highest BCUT2D eigenvalue weighted by Gasteiger charge is 2.26. The number of hydrogen-bond donors (Lipinski definition) is 0. The number of carbonyl (C=O) groups excluding carboxylic acids is 2. The number of nitrogens with zero attached hydrogens (tertiary/aromatic N) is 5. The van der Waals surface area contributed by atoms with Crippen molar-refractivity contribution in [2.24, 2.45) is 0 Å². The Hall–Kier alpha value is -3.94. The van der Waals surface area contributed by atoms with E-state index in [2.05, 4.69) is 15.1 Å². The highest BCUT2D eigenvalue weighted by molar-refractivity contribution is 6.36. The Kier molecular flexibility index (Phi) is 8.39. The zero-order valence-corrected chi connectivity index (χ0v) is 22.7. The summed E-state index contributed by atoms with van der Waals surface area (Å²) in [6.45, 7) is 2.67. The molecule has 0 unspecified atom stereocenters. The van der Waals surface area contributed by atoms with Gasteiger partial charge >= 0.3 is 0 Å². The summed E-state index contributed by atoms with van der Waals surface area (Å²) in [7, 11) is 0. The molecule has 2 heterocycles. The lowest BCUT2D eigenvalue weighted by molar-refractivity contribution is -0.132. The van der Waals surface area contributed by atoms with E-state index in [9.17, 15) is 9.59 Å². The molecule has 9 heteroatoms. The van der Waals surface area contributed by atoms with Crippen LogP contribution in [-0.2, 0) is 11.3 Å². The maximum absolute atomic E-state index is 13.3. The van der Waals surface area contributed by atoms with Gasteiger partial charge in [0, 0.05) is 48.9 Å². The minimum atomic E-state index is -0.164. The fourth-order valence-electron chi connectivity index (χ4n) is 4.55. The minimum absolute atomic E-state index is 0.0129. The van der Waals surface area contributed by atoms with Gasteiger partial charge in [0.2, 0.25) is 5.91 Å². The quantitative estimate of drug-likeness (QED) is 0.301. The molecule has 1 saturated heterocycles. The van der Waals surface area contributed by atoms with Gasteiger partial charge in [0.25, 0.3) is 5.91 Å². The zero-order valence-electron chi connectivity index (χ0n) is 21.2. The first-order valence-electron chi connectivity index (χ1n) is 12.7. The van der Waals surface area contributed by atoms with Crippen LogP contribution in [0.5, 0.6) is 0 Å². The number of carbonyl (C=O) groups is 2. The molecule has 1 fully saturated rings. The Balaban J connectivity index is 1.22. The molecular weight excluding hydrogens is 533 g/mol. The molecule has 7 nitrogen and oxygen atoms in total. The van der Waals surface area contributed by atoms with E-state index in [0.29, 0.717) is 54.0 Å². The minimum Gasteiger partial charge on any atom is -0.352 e. The van der Waals surface area contributed by atoms with E-state index in [4.69, 9.17) is 23.2 Å². The Labute approximate surface area is 237 Å². The van der Waals surface area contributed by atoms with Gasteiger partial charge in [-0.05, 0) is 48.0 Å². The van der Waals surface area contributed by atoms with Crippen molar-refractivity contribution < 1.29 is 9.59 Å². The van der Waals surface area contributed by atoms with Crippen LogP contribution in [0.4, 0.5) is 5.82 Å². The van der Waals surface area contributed by atoms with Crippen molar-refractivity contribution in [2.75, 3.05) is 37.6 Å². The molecule has 3 aromatic carbocycles. The molecule has 0 bridgehead atoms. The number of rotatable bonds is 7. The molecule has 4 aromatic rings. The third-order valence-corrected chi connectivity index (χ3v) is 7.21. The van der Waals surface area contributed by atoms with Crippen molar-refractivity contribution in [1.82, 2.24) is 20.0 Å². The molecule has 1 aromatic heterocycles. The largest absolute Gasteiger partial charge is 0.352 e. The number of benzene rings is 3. The maximum atomic E-state index is 13.3. The second-order valence-corrected chi connectivity index (χ2v) is 10.1. The normalized spacial score (nSPS) is 13.3. The maximum Gasteiger partial charge on any atom is 0.254 e. The lowest BCUT2D eigenvalue weighted by atomic mass is 10.1. The fourth-order valence-corrected chi connectivity index (χ4v) is 5.05. The van der Waals surface area contributed by atoms with Crippen LogP contribution >= 0.6 is 23.2 Å². The predicted octanol–water partition coefficient (Wildman–Crippen LogP) is 5.44. The number of piperazine rings is 1. The summed E-state index contributed by atoms with van der Waals surface area (Å²) in [4.78, 5) is 32.1. The molecule has 5 rings (SSSR count). The van der Waals surface area contributed by atoms with Crippen molar-refractivity contribution in [2.45, 2.75) is 6.54 Å². The van der Waals surface area contributed by atoms with Gasteiger partial charge in [-0.25, -0.2) is 0 Å². The number of anilines is 1. The molecule has 2 amide bonds. The van der Waals surface area contributed by atoms with E-state index in [1.54, 1.807) is 29.2 Å². The summed E-state index contributed by atoms with van der Waals surface area (Å²) in [6.07, 6.45) is 0. The second-order valence-electron chi connectivity index (χ2n) is 9.28. The Morgan fingerprint density at radius 1 is 0.795 bits per heavy atom. The molecule has 39 heavy (non-hydrogen) atoms. The van der Waals surface area contributed by atoms with Crippen molar-refractivity contribution >= 4 is 40.8 Å². The number of amides is 2. The van der Waals surface area contributed by atoms with Gasteiger partial charge < -0.3 is 14.7 Å². The zero-order chi connectivity index (χ0) is 27.2. The Bertz CT molecular complexity index is 1430. The van der Waals surface area contributed by atoms with E-state index < -0.39 is 0 Å². The molecule has 0 N–H and O–H groups in total. The highest BCUT2D eigenvalue weighted by atomic mass is 35.5. The van der Waals surface area contributed by atoms with E-state index in [-0.39, 0.29) is 18.4 Å². The van der Waals surface area contributed by atoms with Gasteiger partial charge in [-0.1, -0.05) is 71.7 Å². The van der Waals surface area contributed by atoms with Crippen molar-refractivity contribution in [3.63, 3.8) is 0 Å². The first kappa shape index (κ1) is 26.7. The summed E-state index contributed by atoms with van der Waals surface area (Å²) >= 11 is 12.3. The third-order valence-electron chi connectivity index (χ3n) is 6.66. The monoisotopic (exact) mass is 559 g/mol. The van der Waals surface area contributed by atoms with Crippen LogP contribution in [0.1, 0.15) is 15.9 Å². The lowest BCUT2D eigenvalue weighted by Gasteiger charge is -2.36.